The summed E-state index contributed by atoms with van der Waals surface area (Å²) in [6.45, 7) is 1.41. The number of nitrogens with one attached hydrogen (secondary N) is 2. The predicted molar refractivity (Wildman–Crippen MR) is 101 cm³/mol. The summed E-state index contributed by atoms with van der Waals surface area (Å²) in [7, 11) is 0. The van der Waals surface area contributed by atoms with E-state index in [4.69, 9.17) is 5.26 Å². The van der Waals surface area contributed by atoms with E-state index in [0.29, 0.717) is 21.9 Å². The Labute approximate surface area is 154 Å². The van der Waals surface area contributed by atoms with Gasteiger partial charge in [0.2, 0.25) is 5.91 Å². The van der Waals surface area contributed by atoms with Crippen LogP contribution in [0.25, 0.3) is 11.3 Å². The zero-order chi connectivity index (χ0) is 18.5. The molecule has 0 bridgehead atoms. The van der Waals surface area contributed by atoms with Crippen molar-refractivity contribution >= 4 is 34.0 Å². The number of carbonyl (C=O) groups excluding carboxylic acids is 2. The van der Waals surface area contributed by atoms with E-state index in [1.807, 2.05) is 17.5 Å². The van der Waals surface area contributed by atoms with E-state index in [-0.39, 0.29) is 11.8 Å². The van der Waals surface area contributed by atoms with Gasteiger partial charge in [0.15, 0.2) is 5.13 Å². The second-order valence-corrected chi connectivity index (χ2v) is 6.30. The van der Waals surface area contributed by atoms with Crippen molar-refractivity contribution < 1.29 is 9.59 Å². The van der Waals surface area contributed by atoms with Gasteiger partial charge in [-0.2, -0.15) is 5.26 Å². The molecule has 26 heavy (non-hydrogen) atoms. The first-order valence-electron chi connectivity index (χ1n) is 7.70. The van der Waals surface area contributed by atoms with E-state index < -0.39 is 0 Å². The molecule has 128 valence electrons. The molecule has 0 fully saturated rings. The molecule has 0 unspecified atom stereocenters. The number of anilines is 2. The molecule has 0 saturated heterocycles. The molecule has 2 aromatic carbocycles. The van der Waals surface area contributed by atoms with E-state index in [1.54, 1.807) is 36.4 Å². The molecular weight excluding hydrogens is 348 g/mol. The Hall–Kier alpha value is -3.50. The number of hydrogen-bond acceptors (Lipinski definition) is 5. The summed E-state index contributed by atoms with van der Waals surface area (Å²) < 4.78 is 0. The van der Waals surface area contributed by atoms with Crippen LogP contribution in [-0.2, 0) is 4.79 Å². The standard InChI is InChI=1S/C19H14N4O2S/c1-12(24)21-16-4-2-3-15(9-16)18(25)23-19-22-17(11-26-19)14-7-5-13(10-20)6-8-14/h2-9,11H,1H3,(H,21,24)(H,22,23,25). The lowest BCUT2D eigenvalue weighted by Gasteiger charge is -2.05. The fourth-order valence-electron chi connectivity index (χ4n) is 2.29. The van der Waals surface area contributed by atoms with Crippen LogP contribution in [0.3, 0.4) is 0 Å². The molecule has 0 spiro atoms. The molecule has 0 atom stereocenters. The highest BCUT2D eigenvalue weighted by atomic mass is 32.1. The fourth-order valence-corrected chi connectivity index (χ4v) is 3.00. The SMILES string of the molecule is CC(=O)Nc1cccc(C(=O)Nc2nc(-c3ccc(C#N)cc3)cs2)c1. The first-order chi connectivity index (χ1) is 12.5. The summed E-state index contributed by atoms with van der Waals surface area (Å²) in [6.07, 6.45) is 0. The Morgan fingerprint density at radius 2 is 1.88 bits per heavy atom. The third kappa shape index (κ3) is 4.12. The highest BCUT2D eigenvalue weighted by Gasteiger charge is 2.11. The number of aromatic nitrogens is 1. The topological polar surface area (TPSA) is 94.9 Å². The van der Waals surface area contributed by atoms with Gasteiger partial charge < -0.3 is 5.32 Å². The molecule has 1 aromatic heterocycles. The van der Waals surface area contributed by atoms with E-state index in [1.165, 1.54) is 18.3 Å². The molecule has 7 heteroatoms. The number of amides is 2. The average Bonchev–Trinajstić information content (AvgIpc) is 3.10. The summed E-state index contributed by atoms with van der Waals surface area (Å²) >= 11 is 1.31. The molecule has 6 nitrogen and oxygen atoms in total. The van der Waals surface area contributed by atoms with Crippen molar-refractivity contribution in [2.24, 2.45) is 0 Å². The molecule has 3 rings (SSSR count). The van der Waals surface area contributed by atoms with Gasteiger partial charge in [-0.15, -0.1) is 11.3 Å². The number of rotatable bonds is 4. The molecule has 2 N–H and O–H groups in total. The second kappa shape index (κ2) is 7.59. The van der Waals surface area contributed by atoms with E-state index in [9.17, 15) is 9.59 Å². The van der Waals surface area contributed by atoms with Crippen LogP contribution in [0.15, 0.2) is 53.9 Å². The fraction of sp³-hybridized carbons (Fsp3) is 0.0526. The zero-order valence-corrected chi connectivity index (χ0v) is 14.6. The highest BCUT2D eigenvalue weighted by Crippen LogP contribution is 2.25. The van der Waals surface area contributed by atoms with Crippen LogP contribution >= 0.6 is 11.3 Å². The number of nitrogens with zero attached hydrogens (tertiary/aromatic N) is 2. The van der Waals surface area contributed by atoms with Crippen molar-refractivity contribution in [2.45, 2.75) is 6.92 Å². The molecule has 1 heterocycles. The number of benzene rings is 2. The van der Waals surface area contributed by atoms with Crippen LogP contribution in [0.1, 0.15) is 22.8 Å². The monoisotopic (exact) mass is 362 g/mol. The lowest BCUT2D eigenvalue weighted by atomic mass is 10.1. The number of thiazole rings is 1. The summed E-state index contributed by atoms with van der Waals surface area (Å²) in [6, 6.07) is 15.8. The maximum Gasteiger partial charge on any atom is 0.257 e. The average molecular weight is 362 g/mol. The van der Waals surface area contributed by atoms with Crippen LogP contribution in [0.2, 0.25) is 0 Å². The van der Waals surface area contributed by atoms with E-state index >= 15 is 0 Å². The minimum Gasteiger partial charge on any atom is -0.326 e. The van der Waals surface area contributed by atoms with E-state index in [0.717, 1.165) is 11.3 Å². The maximum atomic E-state index is 12.4. The van der Waals surface area contributed by atoms with Crippen molar-refractivity contribution in [2.75, 3.05) is 10.6 Å². The smallest absolute Gasteiger partial charge is 0.257 e. The lowest BCUT2D eigenvalue weighted by Crippen LogP contribution is -2.13. The van der Waals surface area contributed by atoms with Gasteiger partial charge in [0.1, 0.15) is 0 Å². The molecule has 3 aromatic rings. The first-order valence-corrected chi connectivity index (χ1v) is 8.58. The van der Waals surface area contributed by atoms with Crippen LogP contribution in [-0.4, -0.2) is 16.8 Å². The molecular formula is C19H14N4O2S. The van der Waals surface area contributed by atoms with Crippen LogP contribution in [0.4, 0.5) is 10.8 Å². The van der Waals surface area contributed by atoms with Crippen molar-refractivity contribution in [3.05, 3.63) is 65.0 Å². The van der Waals surface area contributed by atoms with Crippen molar-refractivity contribution in [1.29, 1.82) is 5.26 Å². The van der Waals surface area contributed by atoms with Gasteiger partial charge in [-0.05, 0) is 30.3 Å². The third-order valence-corrected chi connectivity index (χ3v) is 4.24. The van der Waals surface area contributed by atoms with Crippen LogP contribution in [0, 0.1) is 11.3 Å². The Balaban J connectivity index is 1.73. The highest BCUT2D eigenvalue weighted by molar-refractivity contribution is 7.14. The summed E-state index contributed by atoms with van der Waals surface area (Å²) in [4.78, 5) is 27.9. The normalized spacial score (nSPS) is 10.0. The minimum atomic E-state index is -0.307. The molecule has 0 aliphatic carbocycles. The largest absolute Gasteiger partial charge is 0.326 e. The summed E-state index contributed by atoms with van der Waals surface area (Å²) in [5.41, 5.74) is 3.15. The quantitative estimate of drug-likeness (QED) is 0.736. The Morgan fingerprint density at radius 3 is 2.58 bits per heavy atom. The lowest BCUT2D eigenvalue weighted by molar-refractivity contribution is -0.114. The molecule has 2 amide bonds. The summed E-state index contributed by atoms with van der Waals surface area (Å²) in [5, 5.41) is 16.6. The number of hydrogen-bond donors (Lipinski definition) is 2. The number of carbonyl (C=O) groups is 2. The van der Waals surface area contributed by atoms with Crippen LogP contribution < -0.4 is 10.6 Å². The minimum absolute atomic E-state index is 0.199. The predicted octanol–water partition coefficient (Wildman–Crippen LogP) is 3.89. The molecule has 0 saturated carbocycles. The van der Waals surface area contributed by atoms with E-state index in [2.05, 4.69) is 21.7 Å². The van der Waals surface area contributed by atoms with Crippen molar-refractivity contribution in [1.82, 2.24) is 4.98 Å². The molecule has 0 aliphatic rings. The van der Waals surface area contributed by atoms with Gasteiger partial charge in [0.05, 0.1) is 17.3 Å². The molecule has 0 radical (unpaired) electrons. The number of nitriles is 1. The van der Waals surface area contributed by atoms with Gasteiger partial charge in [0, 0.05) is 29.1 Å². The zero-order valence-electron chi connectivity index (χ0n) is 13.8. The van der Waals surface area contributed by atoms with Gasteiger partial charge in [-0.3, -0.25) is 14.9 Å². The van der Waals surface area contributed by atoms with Gasteiger partial charge >= 0.3 is 0 Å². The van der Waals surface area contributed by atoms with Gasteiger partial charge in [0.25, 0.3) is 5.91 Å². The Morgan fingerprint density at radius 1 is 1.12 bits per heavy atom. The van der Waals surface area contributed by atoms with Gasteiger partial charge in [-0.1, -0.05) is 18.2 Å². The Bertz CT molecular complexity index is 1000. The first kappa shape index (κ1) is 17.3. The maximum absolute atomic E-state index is 12.4. The Kier molecular flexibility index (Phi) is 5.06. The molecule has 0 aliphatic heterocycles. The summed E-state index contributed by atoms with van der Waals surface area (Å²) in [5.74, 6) is -0.507. The second-order valence-electron chi connectivity index (χ2n) is 5.44. The van der Waals surface area contributed by atoms with Crippen molar-refractivity contribution in [3.8, 4) is 17.3 Å². The third-order valence-electron chi connectivity index (χ3n) is 3.48. The van der Waals surface area contributed by atoms with Gasteiger partial charge in [-0.25, -0.2) is 4.98 Å². The van der Waals surface area contributed by atoms with Crippen LogP contribution in [0.5, 0.6) is 0 Å². The van der Waals surface area contributed by atoms with Crippen molar-refractivity contribution in [3.63, 3.8) is 0 Å².